The first kappa shape index (κ1) is 24.3. The van der Waals surface area contributed by atoms with E-state index in [1.54, 1.807) is 0 Å². The maximum Gasteiger partial charge on any atom is 0.408 e. The molecule has 2 aromatic rings. The predicted molar refractivity (Wildman–Crippen MR) is 126 cm³/mol. The van der Waals surface area contributed by atoms with E-state index < -0.39 is 12.1 Å². The first-order valence-electron chi connectivity index (χ1n) is 11.7. The smallest absolute Gasteiger partial charge is 0.408 e. The highest BCUT2D eigenvalue weighted by Crippen LogP contribution is 2.23. The summed E-state index contributed by atoms with van der Waals surface area (Å²) in [7, 11) is 0. The fraction of sp³-hybridized carbons (Fsp3) is 0.423. The maximum absolute atomic E-state index is 12.8. The highest BCUT2D eigenvalue weighted by atomic mass is 16.5. The summed E-state index contributed by atoms with van der Waals surface area (Å²) in [5, 5.41) is 8.40. The minimum Gasteiger partial charge on any atom is -0.445 e. The molecule has 33 heavy (non-hydrogen) atoms. The molecule has 1 unspecified atom stereocenters. The molecule has 3 N–H and O–H groups in total. The van der Waals surface area contributed by atoms with Crippen LogP contribution in [0.1, 0.15) is 43.2 Å². The number of carbonyl (C=O) groups excluding carboxylic acids is 3. The highest BCUT2D eigenvalue weighted by molar-refractivity contribution is 5.86. The van der Waals surface area contributed by atoms with Gasteiger partial charge in [-0.05, 0) is 24.0 Å². The molecule has 0 saturated heterocycles. The Balaban J connectivity index is 1.47. The largest absolute Gasteiger partial charge is 0.445 e. The van der Waals surface area contributed by atoms with Gasteiger partial charge in [0.15, 0.2) is 0 Å². The molecule has 1 aliphatic carbocycles. The molecule has 3 amide bonds. The van der Waals surface area contributed by atoms with E-state index in [0.29, 0.717) is 19.5 Å². The van der Waals surface area contributed by atoms with E-state index in [4.69, 9.17) is 4.74 Å². The lowest BCUT2D eigenvalue weighted by Gasteiger charge is -2.21. The topological polar surface area (TPSA) is 96.5 Å². The van der Waals surface area contributed by atoms with Gasteiger partial charge in [-0.25, -0.2) is 4.79 Å². The number of carbonyl (C=O) groups is 3. The van der Waals surface area contributed by atoms with Crippen LogP contribution in [0.25, 0.3) is 0 Å². The lowest BCUT2D eigenvalue weighted by Crippen LogP contribution is -2.49. The monoisotopic (exact) mass is 451 g/mol. The number of hydrogen-bond acceptors (Lipinski definition) is 4. The second kappa shape index (κ2) is 13.3. The normalized spacial score (nSPS) is 14.7. The predicted octanol–water partition coefficient (Wildman–Crippen LogP) is 3.34. The van der Waals surface area contributed by atoms with Crippen molar-refractivity contribution in [1.82, 2.24) is 16.0 Å². The number of benzene rings is 2. The van der Waals surface area contributed by atoms with Crippen molar-refractivity contribution in [3.63, 3.8) is 0 Å². The summed E-state index contributed by atoms with van der Waals surface area (Å²) in [5.41, 5.74) is 1.79. The Morgan fingerprint density at radius 2 is 1.42 bits per heavy atom. The lowest BCUT2D eigenvalue weighted by molar-refractivity contribution is -0.126. The van der Waals surface area contributed by atoms with E-state index in [9.17, 15) is 14.4 Å². The van der Waals surface area contributed by atoms with Crippen LogP contribution in [0.3, 0.4) is 0 Å². The zero-order chi connectivity index (χ0) is 23.3. The van der Waals surface area contributed by atoms with Gasteiger partial charge in [0.1, 0.15) is 12.6 Å². The van der Waals surface area contributed by atoms with Crippen LogP contribution in [0.5, 0.6) is 0 Å². The Morgan fingerprint density at radius 1 is 0.818 bits per heavy atom. The quantitative estimate of drug-likeness (QED) is 0.483. The van der Waals surface area contributed by atoms with Gasteiger partial charge in [-0.3, -0.25) is 9.59 Å². The summed E-state index contributed by atoms with van der Waals surface area (Å²) < 4.78 is 5.28. The summed E-state index contributed by atoms with van der Waals surface area (Å²) in [4.78, 5) is 37.4. The van der Waals surface area contributed by atoms with Crippen molar-refractivity contribution in [2.24, 2.45) is 5.92 Å². The van der Waals surface area contributed by atoms with Crippen LogP contribution in [0.2, 0.25) is 0 Å². The molecule has 1 fully saturated rings. The second-order valence-corrected chi connectivity index (χ2v) is 8.37. The molecular formula is C26H33N3O4. The molecular weight excluding hydrogens is 418 g/mol. The molecule has 1 saturated carbocycles. The van der Waals surface area contributed by atoms with Gasteiger partial charge in [-0.1, -0.05) is 79.9 Å². The number of ether oxygens (including phenoxy) is 1. The number of alkyl carbamates (subject to hydrolysis) is 1. The van der Waals surface area contributed by atoms with Crippen molar-refractivity contribution in [1.29, 1.82) is 0 Å². The minimum absolute atomic E-state index is 0.0624. The SMILES string of the molecule is O=C(NC(Cc1ccccc1)C(=O)NCCNC(=O)C1CCCCC1)OCc1ccccc1. The summed E-state index contributed by atoms with van der Waals surface area (Å²) in [5.74, 6) is -0.170. The number of amides is 3. The Bertz CT molecular complexity index is 883. The molecule has 176 valence electrons. The third-order valence-electron chi connectivity index (χ3n) is 5.80. The minimum atomic E-state index is -0.787. The van der Waals surface area contributed by atoms with Gasteiger partial charge >= 0.3 is 6.09 Å². The van der Waals surface area contributed by atoms with E-state index in [1.807, 2.05) is 60.7 Å². The lowest BCUT2D eigenvalue weighted by atomic mass is 9.89. The Labute approximate surface area is 195 Å². The van der Waals surface area contributed by atoms with E-state index in [0.717, 1.165) is 36.8 Å². The zero-order valence-corrected chi connectivity index (χ0v) is 18.9. The van der Waals surface area contributed by atoms with Crippen molar-refractivity contribution < 1.29 is 19.1 Å². The molecule has 7 heteroatoms. The summed E-state index contributed by atoms with van der Waals surface area (Å²) >= 11 is 0. The third kappa shape index (κ3) is 8.60. The van der Waals surface area contributed by atoms with E-state index in [2.05, 4.69) is 16.0 Å². The molecule has 3 rings (SSSR count). The van der Waals surface area contributed by atoms with E-state index >= 15 is 0 Å². The van der Waals surface area contributed by atoms with E-state index in [-0.39, 0.29) is 24.3 Å². The maximum atomic E-state index is 12.8. The summed E-state index contributed by atoms with van der Waals surface area (Å²) in [6, 6.07) is 18.1. The number of nitrogens with one attached hydrogen (secondary N) is 3. The van der Waals surface area contributed by atoms with Gasteiger partial charge < -0.3 is 20.7 Å². The first-order valence-corrected chi connectivity index (χ1v) is 11.7. The van der Waals surface area contributed by atoms with Gasteiger partial charge in [0, 0.05) is 25.4 Å². The first-order chi connectivity index (χ1) is 16.1. The van der Waals surface area contributed by atoms with Gasteiger partial charge in [0.2, 0.25) is 11.8 Å². The molecule has 7 nitrogen and oxygen atoms in total. The van der Waals surface area contributed by atoms with Crippen molar-refractivity contribution in [3.05, 3.63) is 71.8 Å². The van der Waals surface area contributed by atoms with Crippen LogP contribution in [0.4, 0.5) is 4.79 Å². The average molecular weight is 452 g/mol. The van der Waals surface area contributed by atoms with Crippen LogP contribution >= 0.6 is 0 Å². The van der Waals surface area contributed by atoms with Crippen LogP contribution in [-0.4, -0.2) is 37.0 Å². The molecule has 2 aromatic carbocycles. The molecule has 1 atom stereocenters. The number of hydrogen-bond donors (Lipinski definition) is 3. The standard InChI is InChI=1S/C26H33N3O4/c30-24(22-14-8-3-9-15-22)27-16-17-28-25(31)23(18-20-10-4-1-5-11-20)29-26(32)33-19-21-12-6-2-7-13-21/h1-2,4-7,10-13,22-23H,3,8-9,14-19H2,(H,27,30)(H,28,31)(H,29,32). The fourth-order valence-corrected chi connectivity index (χ4v) is 3.97. The van der Waals surface area contributed by atoms with Gasteiger partial charge in [0.25, 0.3) is 0 Å². The summed E-state index contributed by atoms with van der Waals surface area (Å²) in [6.45, 7) is 0.778. The second-order valence-electron chi connectivity index (χ2n) is 8.37. The Kier molecular flexibility index (Phi) is 9.76. The van der Waals surface area contributed by atoms with Crippen molar-refractivity contribution in [3.8, 4) is 0 Å². The number of rotatable bonds is 10. The molecule has 0 bridgehead atoms. The van der Waals surface area contributed by atoms with Crippen LogP contribution in [0.15, 0.2) is 60.7 Å². The van der Waals surface area contributed by atoms with Crippen molar-refractivity contribution in [2.75, 3.05) is 13.1 Å². The van der Waals surface area contributed by atoms with Gasteiger partial charge in [0.05, 0.1) is 0 Å². The van der Waals surface area contributed by atoms with Crippen molar-refractivity contribution in [2.45, 2.75) is 51.2 Å². The Morgan fingerprint density at radius 3 is 2.09 bits per heavy atom. The van der Waals surface area contributed by atoms with Crippen molar-refractivity contribution >= 4 is 17.9 Å². The highest BCUT2D eigenvalue weighted by Gasteiger charge is 2.23. The third-order valence-corrected chi connectivity index (χ3v) is 5.80. The van der Waals surface area contributed by atoms with Crippen LogP contribution < -0.4 is 16.0 Å². The molecule has 0 spiro atoms. The Hall–Kier alpha value is -3.35. The molecule has 0 aliphatic heterocycles. The molecule has 0 aromatic heterocycles. The molecule has 0 heterocycles. The average Bonchev–Trinajstić information content (AvgIpc) is 2.86. The van der Waals surface area contributed by atoms with Gasteiger partial charge in [-0.2, -0.15) is 0 Å². The van der Waals surface area contributed by atoms with E-state index in [1.165, 1.54) is 6.42 Å². The van der Waals surface area contributed by atoms with Crippen LogP contribution in [-0.2, 0) is 27.4 Å². The summed E-state index contributed by atoms with van der Waals surface area (Å²) in [6.07, 6.45) is 4.95. The zero-order valence-electron chi connectivity index (χ0n) is 18.9. The van der Waals surface area contributed by atoms with Crippen LogP contribution in [0, 0.1) is 5.92 Å². The molecule has 1 aliphatic rings. The fourth-order valence-electron chi connectivity index (χ4n) is 3.97. The van der Waals surface area contributed by atoms with Gasteiger partial charge in [-0.15, -0.1) is 0 Å². The molecule has 0 radical (unpaired) electrons.